The van der Waals surface area contributed by atoms with Crippen molar-refractivity contribution in [1.29, 1.82) is 0 Å². The van der Waals surface area contributed by atoms with Crippen LogP contribution in [-0.4, -0.2) is 30.4 Å². The van der Waals surface area contributed by atoms with Gasteiger partial charge in [-0.1, -0.05) is 42.4 Å². The fourth-order valence-corrected chi connectivity index (χ4v) is 4.08. The minimum atomic E-state index is -0.234. The Morgan fingerprint density at radius 2 is 1.70 bits per heavy atom. The van der Waals surface area contributed by atoms with Gasteiger partial charge in [0.25, 0.3) is 0 Å². The number of carbonyl (C=O) groups is 2. The van der Waals surface area contributed by atoms with Gasteiger partial charge in [0.05, 0.1) is 7.11 Å². The van der Waals surface area contributed by atoms with Gasteiger partial charge in [-0.3, -0.25) is 9.59 Å². The second-order valence-electron chi connectivity index (χ2n) is 5.56. The molecule has 0 N–H and O–H groups in total. The van der Waals surface area contributed by atoms with Crippen molar-refractivity contribution in [1.82, 2.24) is 0 Å². The Balaban J connectivity index is 3.47. The molecule has 20 heavy (non-hydrogen) atoms. The molecule has 0 aliphatic heterocycles. The van der Waals surface area contributed by atoms with Gasteiger partial charge in [0.15, 0.2) is 0 Å². The van der Waals surface area contributed by atoms with Gasteiger partial charge in [-0.2, -0.15) is 0 Å². The summed E-state index contributed by atoms with van der Waals surface area (Å²) < 4.78 is 4.60. The average molecular weight is 321 g/mol. The zero-order chi connectivity index (χ0) is 15.4. The van der Waals surface area contributed by atoms with E-state index < -0.39 is 0 Å². The van der Waals surface area contributed by atoms with Gasteiger partial charge in [0.1, 0.15) is 5.78 Å². The van der Waals surface area contributed by atoms with Crippen molar-refractivity contribution >= 4 is 33.3 Å². The minimum absolute atomic E-state index is 0.0861. The molecule has 0 amide bonds. The van der Waals surface area contributed by atoms with Crippen molar-refractivity contribution in [2.45, 2.75) is 52.9 Å². The second-order valence-corrected chi connectivity index (χ2v) is 8.26. The van der Waals surface area contributed by atoms with E-state index >= 15 is 0 Å². The molecule has 0 aromatic heterocycles. The van der Waals surface area contributed by atoms with Gasteiger partial charge < -0.3 is 4.74 Å². The van der Waals surface area contributed by atoms with Crippen molar-refractivity contribution in [3.63, 3.8) is 0 Å². The van der Waals surface area contributed by atoms with Crippen LogP contribution in [0.5, 0.6) is 0 Å². The Morgan fingerprint density at radius 3 is 2.30 bits per heavy atom. The van der Waals surface area contributed by atoms with Gasteiger partial charge in [-0.15, -0.1) is 0 Å². The molecule has 0 bridgehead atoms. The van der Waals surface area contributed by atoms with E-state index in [9.17, 15) is 9.59 Å². The summed E-state index contributed by atoms with van der Waals surface area (Å²) in [6, 6.07) is 0. The van der Waals surface area contributed by atoms with Crippen molar-refractivity contribution < 1.29 is 14.3 Å². The number of Topliss-reactive ketones (excluding diaryl/α,β-unsaturated/α-hetero) is 1. The first-order valence-corrected chi connectivity index (χ1v) is 9.77. The Morgan fingerprint density at radius 1 is 1.05 bits per heavy atom. The van der Waals surface area contributed by atoms with E-state index in [0.29, 0.717) is 19.3 Å². The molecule has 0 radical (unpaired) electrons. The smallest absolute Gasteiger partial charge is 0.305 e. The monoisotopic (exact) mass is 320 g/mol. The standard InChI is InChI=1S/C15H28O3S2/c1-12(2)7-9-20-19-8-5-6-14(16)10-13(3)11-15(17)18-4/h12-13H,5-11H2,1-4H3. The van der Waals surface area contributed by atoms with Gasteiger partial charge in [-0.25, -0.2) is 0 Å². The highest BCUT2D eigenvalue weighted by molar-refractivity contribution is 8.76. The third-order valence-electron chi connectivity index (χ3n) is 2.86. The second kappa shape index (κ2) is 12.6. The molecule has 0 fully saturated rings. The molecule has 1 unspecified atom stereocenters. The minimum Gasteiger partial charge on any atom is -0.469 e. The lowest BCUT2D eigenvalue weighted by molar-refractivity contribution is -0.141. The van der Waals surface area contributed by atoms with Crippen molar-refractivity contribution in [2.75, 3.05) is 18.6 Å². The lowest BCUT2D eigenvalue weighted by atomic mass is 9.99. The molecule has 0 spiro atoms. The van der Waals surface area contributed by atoms with Gasteiger partial charge in [0.2, 0.25) is 0 Å². The number of ketones is 1. The van der Waals surface area contributed by atoms with Crippen LogP contribution in [0.15, 0.2) is 0 Å². The predicted octanol–water partition coefficient (Wildman–Crippen LogP) is 4.35. The van der Waals surface area contributed by atoms with Gasteiger partial charge in [-0.05, 0) is 24.7 Å². The van der Waals surface area contributed by atoms with Crippen molar-refractivity contribution in [2.24, 2.45) is 11.8 Å². The summed E-state index contributed by atoms with van der Waals surface area (Å²) in [5.74, 6) is 3.09. The predicted molar refractivity (Wildman–Crippen MR) is 89.0 cm³/mol. The van der Waals surface area contributed by atoms with E-state index in [-0.39, 0.29) is 17.7 Å². The molecule has 0 rings (SSSR count). The topological polar surface area (TPSA) is 43.4 Å². The van der Waals surface area contributed by atoms with Crippen LogP contribution < -0.4 is 0 Å². The summed E-state index contributed by atoms with van der Waals surface area (Å²) in [5, 5.41) is 0. The average Bonchev–Trinajstić information content (AvgIpc) is 2.36. The summed E-state index contributed by atoms with van der Waals surface area (Å²) in [6.45, 7) is 6.39. The summed E-state index contributed by atoms with van der Waals surface area (Å²) in [5.41, 5.74) is 0. The van der Waals surface area contributed by atoms with E-state index in [0.717, 1.165) is 18.1 Å². The zero-order valence-corrected chi connectivity index (χ0v) is 14.8. The van der Waals surface area contributed by atoms with Crippen LogP contribution in [-0.2, 0) is 14.3 Å². The third kappa shape index (κ3) is 12.9. The SMILES string of the molecule is COC(=O)CC(C)CC(=O)CCCSSCCC(C)C. The molecular formula is C15H28O3S2. The molecule has 0 heterocycles. The van der Waals surface area contributed by atoms with Crippen LogP contribution in [0.4, 0.5) is 0 Å². The van der Waals surface area contributed by atoms with Crippen LogP contribution in [0.1, 0.15) is 52.9 Å². The van der Waals surface area contributed by atoms with E-state index in [1.54, 1.807) is 0 Å². The van der Waals surface area contributed by atoms with Crippen LogP contribution in [0.3, 0.4) is 0 Å². The Bertz CT molecular complexity index is 280. The number of ether oxygens (including phenoxy) is 1. The van der Waals surface area contributed by atoms with E-state index in [2.05, 4.69) is 18.6 Å². The van der Waals surface area contributed by atoms with Crippen LogP contribution in [0, 0.1) is 11.8 Å². The normalized spacial score (nSPS) is 12.4. The van der Waals surface area contributed by atoms with Crippen LogP contribution in [0.25, 0.3) is 0 Å². The summed E-state index contributed by atoms with van der Waals surface area (Å²) in [4.78, 5) is 22.8. The quantitative estimate of drug-likeness (QED) is 0.304. The lowest BCUT2D eigenvalue weighted by Gasteiger charge is -2.08. The molecule has 0 aromatic rings. The first-order chi connectivity index (χ1) is 9.45. The number of rotatable bonds is 12. The fraction of sp³-hybridized carbons (Fsp3) is 0.867. The summed E-state index contributed by atoms with van der Waals surface area (Å²) in [6.07, 6.45) is 3.64. The maximum atomic E-state index is 11.7. The van der Waals surface area contributed by atoms with Crippen LogP contribution >= 0.6 is 21.6 Å². The van der Waals surface area contributed by atoms with Gasteiger partial charge >= 0.3 is 5.97 Å². The molecule has 1 atom stereocenters. The molecule has 5 heteroatoms. The number of hydrogen-bond donors (Lipinski definition) is 0. The van der Waals surface area contributed by atoms with E-state index in [4.69, 9.17) is 0 Å². The first-order valence-electron chi connectivity index (χ1n) is 7.28. The Hall–Kier alpha value is -0.160. The number of hydrogen-bond acceptors (Lipinski definition) is 5. The zero-order valence-electron chi connectivity index (χ0n) is 13.1. The van der Waals surface area contributed by atoms with E-state index in [1.165, 1.54) is 19.3 Å². The third-order valence-corrected chi connectivity index (χ3v) is 5.39. The van der Waals surface area contributed by atoms with Crippen molar-refractivity contribution in [3.8, 4) is 0 Å². The Labute approximate surface area is 131 Å². The number of carbonyl (C=O) groups excluding carboxylic acids is 2. The van der Waals surface area contributed by atoms with Crippen molar-refractivity contribution in [3.05, 3.63) is 0 Å². The highest BCUT2D eigenvalue weighted by Gasteiger charge is 2.13. The molecule has 0 saturated carbocycles. The van der Waals surface area contributed by atoms with Crippen LogP contribution in [0.2, 0.25) is 0 Å². The molecule has 118 valence electrons. The fourth-order valence-electron chi connectivity index (χ4n) is 1.66. The molecule has 0 aliphatic rings. The first kappa shape index (κ1) is 19.8. The number of methoxy groups -OCH3 is 1. The number of esters is 1. The Kier molecular flexibility index (Phi) is 12.5. The molecule has 0 aliphatic carbocycles. The highest BCUT2D eigenvalue weighted by atomic mass is 33.1. The maximum Gasteiger partial charge on any atom is 0.305 e. The maximum absolute atomic E-state index is 11.7. The lowest BCUT2D eigenvalue weighted by Crippen LogP contribution is -2.11. The molecule has 0 saturated heterocycles. The highest BCUT2D eigenvalue weighted by Crippen LogP contribution is 2.24. The largest absolute Gasteiger partial charge is 0.469 e. The van der Waals surface area contributed by atoms with E-state index in [1.807, 2.05) is 28.5 Å². The van der Waals surface area contributed by atoms with Gasteiger partial charge in [0, 0.05) is 30.8 Å². The molecule has 3 nitrogen and oxygen atoms in total. The summed E-state index contributed by atoms with van der Waals surface area (Å²) >= 11 is 0. The molecule has 0 aromatic carbocycles. The summed E-state index contributed by atoms with van der Waals surface area (Å²) in [7, 11) is 5.14. The molecular weight excluding hydrogens is 292 g/mol.